The van der Waals surface area contributed by atoms with E-state index in [2.05, 4.69) is 22.0 Å². The largest absolute Gasteiger partial charge is 0.496 e. The highest BCUT2D eigenvalue weighted by Gasteiger charge is 2.16. The first-order valence-electron chi connectivity index (χ1n) is 5.21. The maximum Gasteiger partial charge on any atom is 0.113 e. The molecule has 4 heteroatoms. The molecular formula is C12H13BrClNO. The van der Waals surface area contributed by atoms with Gasteiger partial charge >= 0.3 is 0 Å². The fourth-order valence-electron chi connectivity index (χ4n) is 1.71. The fourth-order valence-corrected chi connectivity index (χ4v) is 2.60. The van der Waals surface area contributed by atoms with Gasteiger partial charge in [-0.15, -0.1) is 0 Å². The average molecular weight is 303 g/mol. The SMILES string of the molecule is NC(C1=CCCCO1)c1cc(Cl)cc(Br)c1. The van der Waals surface area contributed by atoms with Gasteiger partial charge in [0.1, 0.15) is 5.76 Å². The van der Waals surface area contributed by atoms with E-state index in [1.165, 1.54) is 0 Å². The lowest BCUT2D eigenvalue weighted by atomic mass is 10.0. The number of nitrogens with two attached hydrogens (primary N) is 1. The van der Waals surface area contributed by atoms with Gasteiger partial charge < -0.3 is 10.5 Å². The summed E-state index contributed by atoms with van der Waals surface area (Å²) >= 11 is 9.39. The van der Waals surface area contributed by atoms with E-state index in [4.69, 9.17) is 22.1 Å². The summed E-state index contributed by atoms with van der Waals surface area (Å²) < 4.78 is 6.48. The molecule has 0 fully saturated rings. The van der Waals surface area contributed by atoms with Crippen LogP contribution in [-0.2, 0) is 4.74 Å². The molecule has 1 aromatic rings. The number of halogens is 2. The summed E-state index contributed by atoms with van der Waals surface area (Å²) in [7, 11) is 0. The second kappa shape index (κ2) is 5.21. The summed E-state index contributed by atoms with van der Waals surface area (Å²) in [6.07, 6.45) is 4.16. The highest BCUT2D eigenvalue weighted by atomic mass is 79.9. The molecule has 86 valence electrons. The van der Waals surface area contributed by atoms with E-state index in [1.807, 2.05) is 18.2 Å². The van der Waals surface area contributed by atoms with Crippen LogP contribution in [0, 0.1) is 0 Å². The van der Waals surface area contributed by atoms with Crippen LogP contribution < -0.4 is 5.73 Å². The van der Waals surface area contributed by atoms with Gasteiger partial charge in [0.15, 0.2) is 0 Å². The summed E-state index contributed by atoms with van der Waals surface area (Å²) in [5.74, 6) is 0.848. The summed E-state index contributed by atoms with van der Waals surface area (Å²) in [5.41, 5.74) is 7.10. The Hall–Kier alpha value is -0.510. The van der Waals surface area contributed by atoms with Crippen molar-refractivity contribution < 1.29 is 4.74 Å². The molecule has 0 amide bonds. The van der Waals surface area contributed by atoms with Gasteiger partial charge in [-0.05, 0) is 42.7 Å². The Balaban J connectivity index is 2.25. The van der Waals surface area contributed by atoms with Gasteiger partial charge in [0.05, 0.1) is 12.6 Å². The van der Waals surface area contributed by atoms with Crippen LogP contribution in [0.5, 0.6) is 0 Å². The molecule has 1 aromatic carbocycles. The molecule has 1 aliphatic heterocycles. The van der Waals surface area contributed by atoms with Crippen molar-refractivity contribution in [2.45, 2.75) is 18.9 Å². The predicted molar refractivity (Wildman–Crippen MR) is 69.3 cm³/mol. The number of rotatable bonds is 2. The van der Waals surface area contributed by atoms with E-state index < -0.39 is 0 Å². The van der Waals surface area contributed by atoms with Crippen LogP contribution in [0.4, 0.5) is 0 Å². The number of allylic oxidation sites excluding steroid dienone is 1. The molecule has 1 aliphatic rings. The zero-order valence-electron chi connectivity index (χ0n) is 8.75. The fraction of sp³-hybridized carbons (Fsp3) is 0.333. The zero-order valence-corrected chi connectivity index (χ0v) is 11.1. The second-order valence-corrected chi connectivity index (χ2v) is 5.13. The summed E-state index contributed by atoms with van der Waals surface area (Å²) in [4.78, 5) is 0. The van der Waals surface area contributed by atoms with Crippen molar-refractivity contribution in [2.75, 3.05) is 6.61 Å². The molecule has 0 aliphatic carbocycles. The van der Waals surface area contributed by atoms with Crippen molar-refractivity contribution in [3.63, 3.8) is 0 Å². The van der Waals surface area contributed by atoms with Crippen LogP contribution in [0.1, 0.15) is 24.4 Å². The van der Waals surface area contributed by atoms with Gasteiger partial charge in [-0.2, -0.15) is 0 Å². The van der Waals surface area contributed by atoms with Crippen molar-refractivity contribution in [1.82, 2.24) is 0 Å². The Morgan fingerprint density at radius 3 is 2.81 bits per heavy atom. The zero-order chi connectivity index (χ0) is 11.5. The molecule has 0 bridgehead atoms. The molecule has 2 N–H and O–H groups in total. The van der Waals surface area contributed by atoms with Crippen LogP contribution in [0.25, 0.3) is 0 Å². The Morgan fingerprint density at radius 2 is 2.19 bits per heavy atom. The van der Waals surface area contributed by atoms with Gasteiger partial charge in [-0.25, -0.2) is 0 Å². The molecular weight excluding hydrogens is 289 g/mol. The summed E-state index contributed by atoms with van der Waals surface area (Å²) in [6.45, 7) is 0.751. The van der Waals surface area contributed by atoms with Crippen molar-refractivity contribution in [3.05, 3.63) is 45.1 Å². The maximum atomic E-state index is 6.13. The lowest BCUT2D eigenvalue weighted by Crippen LogP contribution is -2.17. The highest BCUT2D eigenvalue weighted by molar-refractivity contribution is 9.10. The highest BCUT2D eigenvalue weighted by Crippen LogP contribution is 2.28. The van der Waals surface area contributed by atoms with Gasteiger partial charge in [0, 0.05) is 9.50 Å². The first-order valence-corrected chi connectivity index (χ1v) is 6.38. The van der Waals surface area contributed by atoms with Crippen molar-refractivity contribution in [2.24, 2.45) is 5.73 Å². The third-order valence-electron chi connectivity index (χ3n) is 2.51. The molecule has 0 saturated carbocycles. The third-order valence-corrected chi connectivity index (χ3v) is 3.19. The van der Waals surface area contributed by atoms with Crippen molar-refractivity contribution in [3.8, 4) is 0 Å². The number of hydrogen-bond donors (Lipinski definition) is 1. The Morgan fingerprint density at radius 1 is 1.38 bits per heavy atom. The Labute approximate surface area is 109 Å². The molecule has 0 saturated heterocycles. The standard InChI is InChI=1S/C12H13BrClNO/c13-9-5-8(6-10(14)7-9)12(15)11-3-1-2-4-16-11/h3,5-7,12H,1-2,4,15H2. The Bertz CT molecular complexity index is 399. The van der Waals surface area contributed by atoms with Crippen molar-refractivity contribution >= 4 is 27.5 Å². The molecule has 2 nitrogen and oxygen atoms in total. The van der Waals surface area contributed by atoms with Gasteiger partial charge in [-0.1, -0.05) is 27.5 Å². The predicted octanol–water partition coefficient (Wildman–Crippen LogP) is 3.80. The maximum absolute atomic E-state index is 6.13. The van der Waals surface area contributed by atoms with Gasteiger partial charge in [0.2, 0.25) is 0 Å². The quantitative estimate of drug-likeness (QED) is 0.902. The van der Waals surface area contributed by atoms with E-state index in [-0.39, 0.29) is 6.04 Å². The number of benzene rings is 1. The lowest BCUT2D eigenvalue weighted by Gasteiger charge is -2.21. The number of ether oxygens (including phenoxy) is 1. The third kappa shape index (κ3) is 2.78. The normalized spacial score (nSPS) is 17.6. The Kier molecular flexibility index (Phi) is 3.90. The number of hydrogen-bond acceptors (Lipinski definition) is 2. The smallest absolute Gasteiger partial charge is 0.113 e. The minimum absolute atomic E-state index is 0.227. The van der Waals surface area contributed by atoms with Crippen LogP contribution in [0.15, 0.2) is 34.5 Å². The van der Waals surface area contributed by atoms with Crippen LogP contribution >= 0.6 is 27.5 Å². The molecule has 2 rings (SSSR count). The van der Waals surface area contributed by atoms with E-state index in [0.29, 0.717) is 5.02 Å². The van der Waals surface area contributed by atoms with E-state index >= 15 is 0 Å². The molecule has 0 aromatic heterocycles. The second-order valence-electron chi connectivity index (χ2n) is 3.78. The minimum Gasteiger partial charge on any atom is -0.496 e. The van der Waals surface area contributed by atoms with E-state index in [1.54, 1.807) is 0 Å². The molecule has 1 unspecified atom stereocenters. The molecule has 16 heavy (non-hydrogen) atoms. The van der Waals surface area contributed by atoms with Crippen LogP contribution in [-0.4, -0.2) is 6.61 Å². The topological polar surface area (TPSA) is 35.2 Å². The average Bonchev–Trinajstić information content (AvgIpc) is 2.28. The molecule has 1 heterocycles. The molecule has 0 spiro atoms. The van der Waals surface area contributed by atoms with E-state index in [9.17, 15) is 0 Å². The minimum atomic E-state index is -0.227. The molecule has 1 atom stereocenters. The van der Waals surface area contributed by atoms with Gasteiger partial charge in [0.25, 0.3) is 0 Å². The first kappa shape index (κ1) is 12.0. The first-order chi connectivity index (χ1) is 7.66. The van der Waals surface area contributed by atoms with Crippen LogP contribution in [0.2, 0.25) is 5.02 Å². The monoisotopic (exact) mass is 301 g/mol. The summed E-state index contributed by atoms with van der Waals surface area (Å²) in [6, 6.07) is 5.45. The molecule has 0 radical (unpaired) electrons. The van der Waals surface area contributed by atoms with E-state index in [0.717, 1.165) is 35.2 Å². The van der Waals surface area contributed by atoms with Crippen LogP contribution in [0.3, 0.4) is 0 Å². The summed E-state index contributed by atoms with van der Waals surface area (Å²) in [5, 5.41) is 0.677. The lowest BCUT2D eigenvalue weighted by molar-refractivity contribution is 0.176. The van der Waals surface area contributed by atoms with Gasteiger partial charge in [-0.3, -0.25) is 0 Å². The van der Waals surface area contributed by atoms with Crippen molar-refractivity contribution in [1.29, 1.82) is 0 Å².